The molecule has 0 spiro atoms. The van der Waals surface area contributed by atoms with Gasteiger partial charge in [0, 0.05) is 0 Å². The molecule has 1 aromatic rings. The summed E-state index contributed by atoms with van der Waals surface area (Å²) in [5.74, 6) is 1.02. The van der Waals surface area contributed by atoms with Gasteiger partial charge in [-0.2, -0.15) is 0 Å². The maximum atomic E-state index is 10.5. The Morgan fingerprint density at radius 3 is 2.13 bits per heavy atom. The first-order chi connectivity index (χ1) is 7.04. The van der Waals surface area contributed by atoms with Crippen LogP contribution in [0.15, 0.2) is 24.3 Å². The molecule has 0 radical (unpaired) electrons. The topological polar surface area (TPSA) is 29.5 Å². The number of rotatable bonds is 4. The first kappa shape index (κ1) is 12.1. The molecule has 1 unspecified atom stereocenters. The lowest BCUT2D eigenvalue weighted by molar-refractivity contribution is -0.0140. The van der Waals surface area contributed by atoms with Crippen molar-refractivity contribution < 1.29 is 9.84 Å². The van der Waals surface area contributed by atoms with Gasteiger partial charge >= 0.3 is 0 Å². The van der Waals surface area contributed by atoms with Gasteiger partial charge in [-0.3, -0.25) is 0 Å². The predicted octanol–water partition coefficient (Wildman–Crippen LogP) is 2.95. The van der Waals surface area contributed by atoms with Gasteiger partial charge in [0.2, 0.25) is 0 Å². The molecule has 0 aliphatic rings. The third kappa shape index (κ3) is 2.32. The molecule has 0 bridgehead atoms. The third-order valence-electron chi connectivity index (χ3n) is 3.08. The van der Waals surface area contributed by atoms with Gasteiger partial charge in [0.1, 0.15) is 5.75 Å². The minimum absolute atomic E-state index is 0.205. The molecule has 1 aromatic carbocycles. The summed E-state index contributed by atoms with van der Waals surface area (Å²) < 4.78 is 5.09. The fraction of sp³-hybridized carbons (Fsp3) is 0.538. The lowest BCUT2D eigenvalue weighted by Gasteiger charge is -2.31. The number of hydrogen-bond donors (Lipinski definition) is 1. The van der Waals surface area contributed by atoms with Crippen LogP contribution in [0.2, 0.25) is 0 Å². The molecular weight excluding hydrogens is 188 g/mol. The average molecular weight is 208 g/mol. The largest absolute Gasteiger partial charge is 0.497 e. The van der Waals surface area contributed by atoms with Gasteiger partial charge in [-0.05, 0) is 30.0 Å². The minimum Gasteiger partial charge on any atom is -0.497 e. The van der Waals surface area contributed by atoms with Crippen LogP contribution in [0.4, 0.5) is 0 Å². The van der Waals surface area contributed by atoms with E-state index in [2.05, 4.69) is 0 Å². The Hall–Kier alpha value is -1.02. The highest BCUT2D eigenvalue weighted by Gasteiger charge is 2.30. The van der Waals surface area contributed by atoms with E-state index in [1.165, 1.54) is 0 Å². The molecule has 2 nitrogen and oxygen atoms in total. The molecule has 0 aliphatic carbocycles. The molecule has 1 rings (SSSR count). The Morgan fingerprint density at radius 1 is 1.27 bits per heavy atom. The number of aliphatic hydroxyl groups is 1. The minimum atomic E-state index is -0.730. The fourth-order valence-electron chi connectivity index (χ4n) is 1.83. The van der Waals surface area contributed by atoms with E-state index in [0.29, 0.717) is 0 Å². The van der Waals surface area contributed by atoms with Gasteiger partial charge in [0.15, 0.2) is 0 Å². The molecule has 84 valence electrons. The lowest BCUT2D eigenvalue weighted by Crippen LogP contribution is -2.30. The summed E-state index contributed by atoms with van der Waals surface area (Å²) in [6.07, 6.45) is 0.719. The van der Waals surface area contributed by atoms with Crippen LogP contribution in [0.25, 0.3) is 0 Å². The van der Waals surface area contributed by atoms with Crippen LogP contribution in [0.3, 0.4) is 0 Å². The second kappa shape index (κ2) is 4.67. The molecule has 0 saturated heterocycles. The van der Waals surface area contributed by atoms with E-state index < -0.39 is 5.60 Å². The van der Waals surface area contributed by atoms with Gasteiger partial charge in [-0.1, -0.05) is 32.9 Å². The molecule has 1 N–H and O–H groups in total. The molecule has 0 saturated carbocycles. The molecule has 0 amide bonds. The number of hydrogen-bond acceptors (Lipinski definition) is 2. The van der Waals surface area contributed by atoms with Crippen molar-refractivity contribution in [2.45, 2.75) is 32.8 Å². The standard InChI is InChI=1S/C13H20O2/c1-5-13(14,10(2)3)11-6-8-12(15-4)9-7-11/h6-10,14H,5H2,1-4H3. The van der Waals surface area contributed by atoms with Crippen molar-refractivity contribution in [2.75, 3.05) is 7.11 Å². The lowest BCUT2D eigenvalue weighted by atomic mass is 9.81. The smallest absolute Gasteiger partial charge is 0.118 e. The molecule has 0 fully saturated rings. The molecule has 0 heterocycles. The second-order valence-electron chi connectivity index (χ2n) is 4.16. The molecular formula is C13H20O2. The summed E-state index contributed by atoms with van der Waals surface area (Å²) in [6.45, 7) is 6.08. The Labute approximate surface area is 91.9 Å². The summed E-state index contributed by atoms with van der Waals surface area (Å²) in [7, 11) is 1.64. The van der Waals surface area contributed by atoms with Gasteiger partial charge in [0.25, 0.3) is 0 Å². The van der Waals surface area contributed by atoms with Crippen LogP contribution in [-0.4, -0.2) is 12.2 Å². The van der Waals surface area contributed by atoms with Crippen LogP contribution in [0.1, 0.15) is 32.8 Å². The molecule has 0 aromatic heterocycles. The van der Waals surface area contributed by atoms with Gasteiger partial charge in [-0.25, -0.2) is 0 Å². The molecule has 1 atom stereocenters. The summed E-state index contributed by atoms with van der Waals surface area (Å²) in [4.78, 5) is 0. The Kier molecular flexibility index (Phi) is 3.75. The predicted molar refractivity (Wildman–Crippen MR) is 62.0 cm³/mol. The van der Waals surface area contributed by atoms with Crippen molar-refractivity contribution >= 4 is 0 Å². The maximum Gasteiger partial charge on any atom is 0.118 e. The highest BCUT2D eigenvalue weighted by molar-refractivity contribution is 5.31. The van der Waals surface area contributed by atoms with E-state index in [0.717, 1.165) is 17.7 Å². The number of benzene rings is 1. The normalized spacial score (nSPS) is 15.1. The van der Waals surface area contributed by atoms with E-state index in [9.17, 15) is 5.11 Å². The maximum absolute atomic E-state index is 10.5. The van der Waals surface area contributed by atoms with Crippen LogP contribution in [-0.2, 0) is 5.60 Å². The first-order valence-corrected chi connectivity index (χ1v) is 5.41. The average Bonchev–Trinajstić information content (AvgIpc) is 2.28. The SMILES string of the molecule is CCC(O)(c1ccc(OC)cc1)C(C)C. The van der Waals surface area contributed by atoms with Crippen molar-refractivity contribution in [3.8, 4) is 5.75 Å². The van der Waals surface area contributed by atoms with Crippen LogP contribution < -0.4 is 4.74 Å². The van der Waals surface area contributed by atoms with E-state index in [1.54, 1.807) is 7.11 Å². The van der Waals surface area contributed by atoms with Crippen molar-refractivity contribution in [3.05, 3.63) is 29.8 Å². The monoisotopic (exact) mass is 208 g/mol. The zero-order valence-corrected chi connectivity index (χ0v) is 9.95. The molecule has 0 aliphatic heterocycles. The van der Waals surface area contributed by atoms with Crippen molar-refractivity contribution in [1.82, 2.24) is 0 Å². The van der Waals surface area contributed by atoms with E-state index in [1.807, 2.05) is 45.0 Å². The van der Waals surface area contributed by atoms with Crippen LogP contribution in [0, 0.1) is 5.92 Å². The van der Waals surface area contributed by atoms with Crippen molar-refractivity contribution in [3.63, 3.8) is 0 Å². The Bertz CT molecular complexity index is 303. The highest BCUT2D eigenvalue weighted by atomic mass is 16.5. The van der Waals surface area contributed by atoms with Crippen LogP contribution >= 0.6 is 0 Å². The zero-order valence-electron chi connectivity index (χ0n) is 9.95. The number of ether oxygens (including phenoxy) is 1. The summed E-state index contributed by atoms with van der Waals surface area (Å²) in [6, 6.07) is 7.64. The van der Waals surface area contributed by atoms with E-state index in [4.69, 9.17) is 4.74 Å². The van der Waals surface area contributed by atoms with E-state index in [-0.39, 0.29) is 5.92 Å². The van der Waals surface area contributed by atoms with Crippen molar-refractivity contribution in [2.24, 2.45) is 5.92 Å². The van der Waals surface area contributed by atoms with Crippen molar-refractivity contribution in [1.29, 1.82) is 0 Å². The first-order valence-electron chi connectivity index (χ1n) is 5.41. The Morgan fingerprint density at radius 2 is 1.80 bits per heavy atom. The highest BCUT2D eigenvalue weighted by Crippen LogP contribution is 2.33. The summed E-state index contributed by atoms with van der Waals surface area (Å²) >= 11 is 0. The summed E-state index contributed by atoms with van der Waals surface area (Å²) in [5.41, 5.74) is 0.229. The van der Waals surface area contributed by atoms with E-state index >= 15 is 0 Å². The Balaban J connectivity index is 3.03. The molecule has 15 heavy (non-hydrogen) atoms. The number of methoxy groups -OCH3 is 1. The van der Waals surface area contributed by atoms with Gasteiger partial charge in [-0.15, -0.1) is 0 Å². The molecule has 2 heteroatoms. The van der Waals surface area contributed by atoms with Gasteiger partial charge in [0.05, 0.1) is 12.7 Å². The third-order valence-corrected chi connectivity index (χ3v) is 3.08. The fourth-order valence-corrected chi connectivity index (χ4v) is 1.83. The second-order valence-corrected chi connectivity index (χ2v) is 4.16. The summed E-state index contributed by atoms with van der Waals surface area (Å²) in [5, 5.41) is 10.5. The van der Waals surface area contributed by atoms with Crippen LogP contribution in [0.5, 0.6) is 5.75 Å². The zero-order chi connectivity index (χ0) is 11.5. The quantitative estimate of drug-likeness (QED) is 0.824. The van der Waals surface area contributed by atoms with Gasteiger partial charge < -0.3 is 9.84 Å².